The number of aromatic hydroxyl groups is 1. The molecule has 2 nitrogen and oxygen atoms in total. The summed E-state index contributed by atoms with van der Waals surface area (Å²) >= 11 is 0. The second-order valence-corrected chi connectivity index (χ2v) is 3.71. The number of para-hydroxylation sites is 1. The molecular weight excluding hydrogens is 236 g/mol. The van der Waals surface area contributed by atoms with E-state index in [0.29, 0.717) is 5.56 Å². The minimum atomic E-state index is -0.480. The van der Waals surface area contributed by atoms with Crippen molar-refractivity contribution in [3.63, 3.8) is 0 Å². The van der Waals surface area contributed by atoms with Gasteiger partial charge in [0.05, 0.1) is 5.56 Å². The summed E-state index contributed by atoms with van der Waals surface area (Å²) < 4.78 is 0. The second kappa shape index (κ2) is 6.10. The summed E-state index contributed by atoms with van der Waals surface area (Å²) in [7, 11) is 0. The molecule has 0 aliphatic heterocycles. The highest BCUT2D eigenvalue weighted by atomic mass is 16.3. The molecule has 2 aromatic carbocycles. The largest absolute Gasteiger partial charge is 0.507 e. The Hall–Kier alpha value is -2.97. The number of phenols is 1. The molecule has 0 aliphatic rings. The number of carbonyl (C=O) groups excluding carboxylic acids is 1. The van der Waals surface area contributed by atoms with Crippen LogP contribution >= 0.6 is 0 Å². The second-order valence-electron chi connectivity index (χ2n) is 3.71. The number of phenolic OH excluding ortho intramolecular Hbond substituents is 1. The third-order valence-electron chi connectivity index (χ3n) is 2.31. The van der Waals surface area contributed by atoms with Crippen molar-refractivity contribution in [1.82, 2.24) is 0 Å². The molecule has 0 aromatic heterocycles. The van der Waals surface area contributed by atoms with E-state index in [4.69, 9.17) is 0 Å². The van der Waals surface area contributed by atoms with E-state index >= 15 is 0 Å². The molecule has 0 spiro atoms. The van der Waals surface area contributed by atoms with Crippen LogP contribution in [0.2, 0.25) is 0 Å². The van der Waals surface area contributed by atoms with Crippen LogP contribution in [0.1, 0.15) is 11.1 Å². The van der Waals surface area contributed by atoms with Gasteiger partial charge in [0.15, 0.2) is 0 Å². The molecule has 2 aromatic rings. The topological polar surface area (TPSA) is 37.3 Å². The van der Waals surface area contributed by atoms with E-state index in [9.17, 15) is 9.90 Å². The third-order valence-corrected chi connectivity index (χ3v) is 2.31. The molecule has 0 radical (unpaired) electrons. The van der Waals surface area contributed by atoms with Crippen LogP contribution in [-0.4, -0.2) is 10.9 Å². The van der Waals surface area contributed by atoms with Gasteiger partial charge in [0, 0.05) is 5.56 Å². The highest BCUT2D eigenvalue weighted by Crippen LogP contribution is 2.13. The molecule has 0 saturated heterocycles. The minimum Gasteiger partial charge on any atom is -0.507 e. The van der Waals surface area contributed by atoms with Gasteiger partial charge in [0.2, 0.25) is 0 Å². The summed E-state index contributed by atoms with van der Waals surface area (Å²) in [6, 6.07) is 15.8. The van der Waals surface area contributed by atoms with Crippen LogP contribution in [-0.2, 0) is 4.79 Å². The standard InChI is InChI=1S/C17H10O2/c18-16(12-10-14-6-2-1-3-7-14)13-11-15-8-4-5-9-17(15)19/h1-9,19H. The maximum absolute atomic E-state index is 11.5. The SMILES string of the molecule is O=C(C#Cc1ccccc1)C#Cc1ccccc1O. The van der Waals surface area contributed by atoms with Gasteiger partial charge in [-0.15, -0.1) is 0 Å². The molecule has 2 heteroatoms. The highest BCUT2D eigenvalue weighted by molar-refractivity contribution is 6.09. The molecule has 1 N–H and O–H groups in total. The summed E-state index contributed by atoms with van der Waals surface area (Å²) in [5, 5.41) is 9.48. The summed E-state index contributed by atoms with van der Waals surface area (Å²) in [6.45, 7) is 0. The van der Waals surface area contributed by atoms with E-state index in [1.165, 1.54) is 6.07 Å². The first-order chi connectivity index (χ1) is 9.25. The van der Waals surface area contributed by atoms with Crippen LogP contribution < -0.4 is 0 Å². The first-order valence-electron chi connectivity index (χ1n) is 5.67. The molecule has 0 fully saturated rings. The fraction of sp³-hybridized carbons (Fsp3) is 0. The van der Waals surface area contributed by atoms with Crippen LogP contribution in [0.15, 0.2) is 54.6 Å². The number of carbonyl (C=O) groups is 1. The summed E-state index contributed by atoms with van der Waals surface area (Å²) in [6.07, 6.45) is 0. The van der Waals surface area contributed by atoms with Gasteiger partial charge in [-0.25, -0.2) is 0 Å². The van der Waals surface area contributed by atoms with E-state index < -0.39 is 5.78 Å². The molecule has 0 bridgehead atoms. The molecule has 90 valence electrons. The minimum absolute atomic E-state index is 0.0545. The van der Waals surface area contributed by atoms with Crippen LogP contribution in [0.3, 0.4) is 0 Å². The average molecular weight is 246 g/mol. The van der Waals surface area contributed by atoms with Crippen LogP contribution in [0, 0.1) is 23.7 Å². The quantitative estimate of drug-likeness (QED) is 0.724. The zero-order valence-electron chi connectivity index (χ0n) is 10.1. The van der Waals surface area contributed by atoms with Crippen LogP contribution in [0.4, 0.5) is 0 Å². The van der Waals surface area contributed by atoms with Gasteiger partial charge in [0.1, 0.15) is 5.75 Å². The maximum atomic E-state index is 11.5. The number of benzene rings is 2. The number of hydrogen-bond acceptors (Lipinski definition) is 2. The maximum Gasteiger partial charge on any atom is 0.279 e. The van der Waals surface area contributed by atoms with Crippen molar-refractivity contribution in [2.45, 2.75) is 0 Å². The van der Waals surface area contributed by atoms with E-state index in [1.807, 2.05) is 30.3 Å². The van der Waals surface area contributed by atoms with Crippen molar-refractivity contribution in [3.8, 4) is 29.4 Å². The molecule has 0 unspecified atom stereocenters. The Labute approximate surface area is 111 Å². The zero-order chi connectivity index (χ0) is 13.5. The Bertz CT molecular complexity index is 707. The first-order valence-corrected chi connectivity index (χ1v) is 5.67. The normalized spacial score (nSPS) is 8.63. The number of rotatable bonds is 0. The monoisotopic (exact) mass is 246 g/mol. The van der Waals surface area contributed by atoms with Gasteiger partial charge in [0.25, 0.3) is 5.78 Å². The van der Waals surface area contributed by atoms with Crippen LogP contribution in [0.25, 0.3) is 0 Å². The molecule has 0 heterocycles. The Morgan fingerprint density at radius 2 is 1.47 bits per heavy atom. The van der Waals surface area contributed by atoms with Crippen molar-refractivity contribution in [1.29, 1.82) is 0 Å². The van der Waals surface area contributed by atoms with E-state index in [1.54, 1.807) is 18.2 Å². The average Bonchev–Trinajstić information content (AvgIpc) is 2.45. The lowest BCUT2D eigenvalue weighted by molar-refractivity contribution is -0.108. The summed E-state index contributed by atoms with van der Waals surface area (Å²) in [5.41, 5.74) is 1.18. The van der Waals surface area contributed by atoms with Crippen molar-refractivity contribution in [2.24, 2.45) is 0 Å². The van der Waals surface area contributed by atoms with Crippen molar-refractivity contribution < 1.29 is 9.90 Å². The number of hydrogen-bond donors (Lipinski definition) is 1. The zero-order valence-corrected chi connectivity index (χ0v) is 10.1. The first kappa shape index (κ1) is 12.5. The lowest BCUT2D eigenvalue weighted by Gasteiger charge is -1.92. The van der Waals surface area contributed by atoms with E-state index in [2.05, 4.69) is 23.7 Å². The predicted octanol–water partition coefficient (Wildman–Crippen LogP) is 2.36. The molecule has 0 amide bonds. The molecule has 19 heavy (non-hydrogen) atoms. The number of Topliss-reactive ketones (excluding diaryl/α,β-unsaturated/α-hetero) is 1. The van der Waals surface area contributed by atoms with Crippen molar-refractivity contribution in [3.05, 3.63) is 65.7 Å². The summed E-state index contributed by atoms with van der Waals surface area (Å²) in [4.78, 5) is 11.5. The Kier molecular flexibility index (Phi) is 4.01. The van der Waals surface area contributed by atoms with Gasteiger partial charge in [-0.05, 0) is 36.1 Å². The fourth-order valence-corrected chi connectivity index (χ4v) is 1.39. The molecule has 0 aliphatic carbocycles. The smallest absolute Gasteiger partial charge is 0.279 e. The summed E-state index contributed by atoms with van der Waals surface area (Å²) in [5.74, 6) is 9.73. The molecule has 2 rings (SSSR count). The van der Waals surface area contributed by atoms with Gasteiger partial charge in [-0.3, -0.25) is 4.79 Å². The lowest BCUT2D eigenvalue weighted by Crippen LogP contribution is -1.87. The van der Waals surface area contributed by atoms with Gasteiger partial charge in [-0.1, -0.05) is 42.2 Å². The predicted molar refractivity (Wildman–Crippen MR) is 73.3 cm³/mol. The Morgan fingerprint density at radius 1 is 0.842 bits per heavy atom. The van der Waals surface area contributed by atoms with Gasteiger partial charge < -0.3 is 5.11 Å². The lowest BCUT2D eigenvalue weighted by atomic mass is 10.2. The van der Waals surface area contributed by atoms with Gasteiger partial charge >= 0.3 is 0 Å². The third kappa shape index (κ3) is 3.77. The van der Waals surface area contributed by atoms with Crippen molar-refractivity contribution >= 4 is 5.78 Å². The molecule has 0 atom stereocenters. The Morgan fingerprint density at radius 3 is 2.21 bits per heavy atom. The van der Waals surface area contributed by atoms with E-state index in [-0.39, 0.29) is 5.75 Å². The highest BCUT2D eigenvalue weighted by Gasteiger charge is 1.94. The van der Waals surface area contributed by atoms with Crippen LogP contribution in [0.5, 0.6) is 5.75 Å². The molecule has 0 saturated carbocycles. The Balaban J connectivity index is 2.12. The van der Waals surface area contributed by atoms with Gasteiger partial charge in [-0.2, -0.15) is 0 Å². The molecular formula is C17H10O2. The van der Waals surface area contributed by atoms with E-state index in [0.717, 1.165) is 5.56 Å². The fourth-order valence-electron chi connectivity index (χ4n) is 1.39. The number of ketones is 1. The van der Waals surface area contributed by atoms with Crippen molar-refractivity contribution in [2.75, 3.05) is 0 Å².